The molecule has 0 unspecified atom stereocenters. The van der Waals surface area contributed by atoms with Crippen molar-refractivity contribution in [1.29, 1.82) is 0 Å². The maximum atomic E-state index is 13.5. The molecule has 0 bridgehead atoms. The summed E-state index contributed by atoms with van der Waals surface area (Å²) < 4.78 is 14.1. The van der Waals surface area contributed by atoms with Crippen LogP contribution in [0.5, 0.6) is 0 Å². The van der Waals surface area contributed by atoms with E-state index >= 15 is 0 Å². The molecular weight excluding hydrogens is 273 g/mol. The Morgan fingerprint density at radius 3 is 2.38 bits per heavy atom. The Hall–Kier alpha value is -0.900. The first kappa shape index (κ1) is 13.2. The first-order valence-electron chi connectivity index (χ1n) is 5.26. The molecule has 0 N–H and O–H groups in total. The molecule has 0 radical (unpaired) electrons. The van der Waals surface area contributed by atoms with Crippen molar-refractivity contribution in [3.8, 4) is 0 Å². The van der Waals surface area contributed by atoms with Gasteiger partial charge < -0.3 is 4.90 Å². The van der Waals surface area contributed by atoms with E-state index in [1.165, 1.54) is 6.07 Å². The summed E-state index contributed by atoms with van der Waals surface area (Å²) >= 11 is 3.25. The Kier molecular flexibility index (Phi) is 4.47. The summed E-state index contributed by atoms with van der Waals surface area (Å²) in [6, 6.07) is 2.96. The van der Waals surface area contributed by atoms with Crippen LogP contribution in [0, 0.1) is 12.7 Å². The SMILES string of the molecule is CCN(CC)C(=O)c1cc(F)c(C)c(Br)c1. The second-order valence-corrected chi connectivity index (χ2v) is 4.40. The molecule has 1 aromatic rings. The number of halogens is 2. The number of hydrogen-bond donors (Lipinski definition) is 0. The topological polar surface area (TPSA) is 20.3 Å². The van der Waals surface area contributed by atoms with Crippen LogP contribution < -0.4 is 0 Å². The van der Waals surface area contributed by atoms with E-state index in [1.807, 2.05) is 13.8 Å². The zero-order chi connectivity index (χ0) is 12.3. The third-order valence-electron chi connectivity index (χ3n) is 2.58. The summed E-state index contributed by atoms with van der Waals surface area (Å²) in [6.45, 7) is 6.73. The average molecular weight is 288 g/mol. The Bertz CT molecular complexity index is 379. The van der Waals surface area contributed by atoms with Crippen molar-refractivity contribution in [2.75, 3.05) is 13.1 Å². The number of nitrogens with zero attached hydrogens (tertiary/aromatic N) is 1. The summed E-state index contributed by atoms with van der Waals surface area (Å²) in [5.74, 6) is -0.491. The van der Waals surface area contributed by atoms with Gasteiger partial charge in [-0.25, -0.2) is 4.39 Å². The van der Waals surface area contributed by atoms with Gasteiger partial charge in [0.2, 0.25) is 0 Å². The summed E-state index contributed by atoms with van der Waals surface area (Å²) in [4.78, 5) is 13.6. The van der Waals surface area contributed by atoms with Crippen molar-refractivity contribution in [2.24, 2.45) is 0 Å². The van der Waals surface area contributed by atoms with Gasteiger partial charge in [0.15, 0.2) is 0 Å². The van der Waals surface area contributed by atoms with Crippen molar-refractivity contribution in [1.82, 2.24) is 4.90 Å². The minimum Gasteiger partial charge on any atom is -0.339 e. The van der Waals surface area contributed by atoms with Crippen LogP contribution >= 0.6 is 15.9 Å². The summed E-state index contributed by atoms with van der Waals surface area (Å²) in [5, 5.41) is 0. The molecule has 0 spiro atoms. The number of carbonyl (C=O) groups is 1. The van der Waals surface area contributed by atoms with E-state index in [1.54, 1.807) is 17.9 Å². The van der Waals surface area contributed by atoms with E-state index in [0.29, 0.717) is 28.7 Å². The molecule has 4 heteroatoms. The maximum absolute atomic E-state index is 13.5. The Balaban J connectivity index is 3.10. The van der Waals surface area contributed by atoms with Crippen molar-refractivity contribution >= 4 is 21.8 Å². The van der Waals surface area contributed by atoms with E-state index in [-0.39, 0.29) is 11.7 Å². The van der Waals surface area contributed by atoms with Gasteiger partial charge in [-0.15, -0.1) is 0 Å². The predicted octanol–water partition coefficient (Wildman–Crippen LogP) is 3.38. The van der Waals surface area contributed by atoms with Crippen LogP contribution in [0.25, 0.3) is 0 Å². The van der Waals surface area contributed by atoms with Gasteiger partial charge in [0.1, 0.15) is 5.82 Å². The van der Waals surface area contributed by atoms with Crippen LogP contribution in [0.2, 0.25) is 0 Å². The van der Waals surface area contributed by atoms with Gasteiger partial charge in [-0.3, -0.25) is 4.79 Å². The second-order valence-electron chi connectivity index (χ2n) is 3.54. The lowest BCUT2D eigenvalue weighted by molar-refractivity contribution is 0.0772. The van der Waals surface area contributed by atoms with Crippen molar-refractivity contribution in [3.05, 3.63) is 33.5 Å². The molecule has 2 nitrogen and oxygen atoms in total. The van der Waals surface area contributed by atoms with Gasteiger partial charge in [-0.1, -0.05) is 15.9 Å². The first-order valence-corrected chi connectivity index (χ1v) is 6.05. The Labute approximate surface area is 104 Å². The largest absolute Gasteiger partial charge is 0.339 e. The second kappa shape index (κ2) is 5.43. The summed E-state index contributed by atoms with van der Waals surface area (Å²) in [6.07, 6.45) is 0. The Morgan fingerprint density at radius 1 is 1.38 bits per heavy atom. The zero-order valence-corrected chi connectivity index (χ0v) is 11.3. The average Bonchev–Trinajstić information content (AvgIpc) is 2.26. The van der Waals surface area contributed by atoms with Gasteiger partial charge in [0.25, 0.3) is 5.91 Å². The van der Waals surface area contributed by atoms with E-state index in [9.17, 15) is 9.18 Å². The van der Waals surface area contributed by atoms with Gasteiger partial charge in [0.05, 0.1) is 0 Å². The first-order chi connectivity index (χ1) is 7.51. The molecule has 0 aromatic heterocycles. The van der Waals surface area contributed by atoms with Crippen molar-refractivity contribution in [3.63, 3.8) is 0 Å². The molecule has 0 aliphatic heterocycles. The fourth-order valence-corrected chi connectivity index (χ4v) is 1.90. The van der Waals surface area contributed by atoms with Crippen LogP contribution in [-0.4, -0.2) is 23.9 Å². The molecule has 0 aliphatic rings. The third-order valence-corrected chi connectivity index (χ3v) is 3.40. The van der Waals surface area contributed by atoms with Gasteiger partial charge >= 0.3 is 0 Å². The fraction of sp³-hybridized carbons (Fsp3) is 0.417. The minimum absolute atomic E-state index is 0.135. The van der Waals surface area contributed by atoms with Gasteiger partial charge in [-0.2, -0.15) is 0 Å². The van der Waals surface area contributed by atoms with E-state index in [0.717, 1.165) is 0 Å². The highest BCUT2D eigenvalue weighted by atomic mass is 79.9. The zero-order valence-electron chi connectivity index (χ0n) is 9.68. The molecule has 0 fully saturated rings. The molecule has 88 valence electrons. The maximum Gasteiger partial charge on any atom is 0.253 e. The summed E-state index contributed by atoms with van der Waals surface area (Å²) in [5.41, 5.74) is 0.912. The van der Waals surface area contributed by atoms with E-state index < -0.39 is 0 Å². The van der Waals surface area contributed by atoms with Gasteiger partial charge in [0, 0.05) is 23.1 Å². The lowest BCUT2D eigenvalue weighted by Gasteiger charge is -2.19. The lowest BCUT2D eigenvalue weighted by atomic mass is 10.1. The van der Waals surface area contributed by atoms with Crippen LogP contribution in [0.15, 0.2) is 16.6 Å². The highest BCUT2D eigenvalue weighted by molar-refractivity contribution is 9.10. The molecule has 1 aromatic carbocycles. The fourth-order valence-electron chi connectivity index (χ4n) is 1.46. The third kappa shape index (κ3) is 2.61. The number of benzene rings is 1. The molecule has 0 atom stereocenters. The summed E-state index contributed by atoms with van der Waals surface area (Å²) in [7, 11) is 0. The quantitative estimate of drug-likeness (QED) is 0.835. The van der Waals surface area contributed by atoms with E-state index in [4.69, 9.17) is 0 Å². The molecular formula is C12H15BrFNO. The Morgan fingerprint density at radius 2 is 1.94 bits per heavy atom. The highest BCUT2D eigenvalue weighted by Gasteiger charge is 2.15. The minimum atomic E-state index is -0.357. The monoisotopic (exact) mass is 287 g/mol. The number of hydrogen-bond acceptors (Lipinski definition) is 1. The van der Waals surface area contributed by atoms with Crippen molar-refractivity contribution < 1.29 is 9.18 Å². The predicted molar refractivity (Wildman–Crippen MR) is 66.1 cm³/mol. The lowest BCUT2D eigenvalue weighted by Crippen LogP contribution is -2.30. The molecule has 1 amide bonds. The van der Waals surface area contributed by atoms with Crippen LogP contribution in [0.4, 0.5) is 4.39 Å². The molecule has 0 aliphatic carbocycles. The van der Waals surface area contributed by atoms with Crippen LogP contribution in [0.1, 0.15) is 29.8 Å². The van der Waals surface area contributed by atoms with E-state index in [2.05, 4.69) is 15.9 Å². The number of rotatable bonds is 3. The highest BCUT2D eigenvalue weighted by Crippen LogP contribution is 2.21. The molecule has 0 saturated carbocycles. The van der Waals surface area contributed by atoms with Crippen molar-refractivity contribution in [2.45, 2.75) is 20.8 Å². The molecule has 0 heterocycles. The molecule has 0 saturated heterocycles. The number of amides is 1. The molecule has 16 heavy (non-hydrogen) atoms. The molecule has 1 rings (SSSR count). The normalized spacial score (nSPS) is 10.3. The smallest absolute Gasteiger partial charge is 0.253 e. The van der Waals surface area contributed by atoms with Crippen LogP contribution in [-0.2, 0) is 0 Å². The standard InChI is InChI=1S/C12H15BrFNO/c1-4-15(5-2)12(16)9-6-10(13)8(3)11(14)7-9/h6-7H,4-5H2,1-3H3. The van der Waals surface area contributed by atoms with Crippen LogP contribution in [0.3, 0.4) is 0 Å². The van der Waals surface area contributed by atoms with Gasteiger partial charge in [-0.05, 0) is 38.5 Å². The number of carbonyl (C=O) groups excluding carboxylic acids is 1.